The van der Waals surface area contributed by atoms with Gasteiger partial charge in [0.1, 0.15) is 11.4 Å². The van der Waals surface area contributed by atoms with E-state index in [1.165, 1.54) is 4.68 Å². The molecule has 6 nitrogen and oxygen atoms in total. The van der Waals surface area contributed by atoms with Crippen LogP contribution >= 0.6 is 28.1 Å². The Hall–Kier alpha value is -2.32. The monoisotopic (exact) mass is 389 g/mol. The van der Waals surface area contributed by atoms with E-state index in [1.807, 2.05) is 36.4 Å². The summed E-state index contributed by atoms with van der Waals surface area (Å²) in [7, 11) is 1.62. The van der Waals surface area contributed by atoms with Crippen LogP contribution in [-0.2, 0) is 0 Å². The number of hydrogen-bond donors (Lipinski definition) is 1. The van der Waals surface area contributed by atoms with E-state index < -0.39 is 0 Å². The molecule has 0 atom stereocenters. The van der Waals surface area contributed by atoms with E-state index in [4.69, 9.17) is 17.0 Å². The molecule has 0 radical (unpaired) electrons. The van der Waals surface area contributed by atoms with Gasteiger partial charge in [-0.1, -0.05) is 6.07 Å². The third-order valence-corrected chi connectivity index (χ3v) is 3.93. The summed E-state index contributed by atoms with van der Waals surface area (Å²) < 4.78 is 8.00. The highest BCUT2D eigenvalue weighted by molar-refractivity contribution is 9.10. The van der Waals surface area contributed by atoms with Crippen molar-refractivity contribution in [3.8, 4) is 17.3 Å². The van der Waals surface area contributed by atoms with Crippen LogP contribution in [0.2, 0.25) is 0 Å². The van der Waals surface area contributed by atoms with Gasteiger partial charge in [0, 0.05) is 6.20 Å². The Bertz CT molecular complexity index is 904. The van der Waals surface area contributed by atoms with Gasteiger partial charge in [0.05, 0.1) is 17.8 Å². The number of H-pyrrole nitrogens is 1. The van der Waals surface area contributed by atoms with E-state index in [9.17, 15) is 0 Å². The lowest BCUT2D eigenvalue weighted by atomic mass is 10.2. The average Bonchev–Trinajstić information content (AvgIpc) is 2.94. The molecular weight excluding hydrogens is 378 g/mol. The summed E-state index contributed by atoms with van der Waals surface area (Å²) in [4.78, 5) is 4.27. The summed E-state index contributed by atoms with van der Waals surface area (Å²) >= 11 is 8.68. The summed E-state index contributed by atoms with van der Waals surface area (Å²) in [5, 5.41) is 11.3. The second kappa shape index (κ2) is 6.84. The number of ether oxygens (including phenoxy) is 1. The van der Waals surface area contributed by atoms with Gasteiger partial charge in [-0.3, -0.25) is 4.98 Å². The molecule has 116 valence electrons. The topological polar surface area (TPSA) is 68.1 Å². The first-order valence-electron chi connectivity index (χ1n) is 6.66. The molecule has 2 heterocycles. The van der Waals surface area contributed by atoms with Gasteiger partial charge in [0.2, 0.25) is 10.6 Å². The van der Waals surface area contributed by atoms with Crippen molar-refractivity contribution >= 4 is 34.4 Å². The van der Waals surface area contributed by atoms with E-state index in [-0.39, 0.29) is 0 Å². The van der Waals surface area contributed by atoms with Crippen LogP contribution in [0.4, 0.5) is 0 Å². The van der Waals surface area contributed by atoms with Crippen LogP contribution in [0.5, 0.6) is 5.75 Å². The number of nitrogens with zero attached hydrogens (tertiary/aromatic N) is 4. The second-order valence-corrected chi connectivity index (χ2v) is 5.76. The first-order valence-corrected chi connectivity index (χ1v) is 7.86. The minimum atomic E-state index is 0.398. The Morgan fingerprint density at radius 3 is 2.91 bits per heavy atom. The van der Waals surface area contributed by atoms with Gasteiger partial charge in [-0.25, -0.2) is 5.10 Å². The molecule has 0 fully saturated rings. The summed E-state index contributed by atoms with van der Waals surface area (Å²) in [6.07, 6.45) is 3.39. The quantitative estimate of drug-likeness (QED) is 0.546. The Labute approximate surface area is 146 Å². The number of aromatic nitrogens is 4. The molecule has 2 aromatic heterocycles. The zero-order valence-electron chi connectivity index (χ0n) is 12.1. The minimum absolute atomic E-state index is 0.398. The number of hydrogen-bond acceptors (Lipinski definition) is 5. The molecule has 23 heavy (non-hydrogen) atoms. The van der Waals surface area contributed by atoms with Crippen molar-refractivity contribution in [3.63, 3.8) is 0 Å². The van der Waals surface area contributed by atoms with E-state index in [2.05, 4.69) is 36.2 Å². The fraction of sp³-hybridized carbons (Fsp3) is 0.0667. The maximum absolute atomic E-state index is 5.23. The van der Waals surface area contributed by atoms with Gasteiger partial charge in [-0.15, -0.1) is 0 Å². The molecule has 8 heteroatoms. The van der Waals surface area contributed by atoms with Gasteiger partial charge in [-0.2, -0.15) is 14.9 Å². The van der Waals surface area contributed by atoms with Crippen molar-refractivity contribution in [1.29, 1.82) is 0 Å². The highest BCUT2D eigenvalue weighted by Crippen LogP contribution is 2.25. The molecule has 0 aliphatic rings. The largest absolute Gasteiger partial charge is 0.496 e. The minimum Gasteiger partial charge on any atom is -0.496 e. The number of pyridine rings is 1. The van der Waals surface area contributed by atoms with Gasteiger partial charge in [-0.05, 0) is 64.0 Å². The third kappa shape index (κ3) is 3.38. The standard InChI is InChI=1S/C15H12BrN5OS/c1-22-13-6-5-10(8-11(13)16)9-18-21-14(19-20-15(21)23)12-4-2-3-7-17-12/h2-9H,1H3,(H,20,23)/b18-9-. The summed E-state index contributed by atoms with van der Waals surface area (Å²) in [6.45, 7) is 0. The molecule has 0 amide bonds. The van der Waals surface area contributed by atoms with Crippen molar-refractivity contribution in [1.82, 2.24) is 19.9 Å². The number of benzene rings is 1. The van der Waals surface area contributed by atoms with E-state index in [0.29, 0.717) is 16.3 Å². The smallest absolute Gasteiger partial charge is 0.216 e. The maximum atomic E-state index is 5.23. The van der Waals surface area contributed by atoms with Gasteiger partial charge >= 0.3 is 0 Å². The summed E-state index contributed by atoms with van der Waals surface area (Å²) in [6, 6.07) is 11.2. The Kier molecular flexibility index (Phi) is 4.63. The van der Waals surface area contributed by atoms with Crippen molar-refractivity contribution in [2.24, 2.45) is 5.10 Å². The molecule has 0 unspecified atom stereocenters. The zero-order valence-corrected chi connectivity index (χ0v) is 14.5. The van der Waals surface area contributed by atoms with Crippen molar-refractivity contribution in [2.45, 2.75) is 0 Å². The van der Waals surface area contributed by atoms with Crippen LogP contribution in [0, 0.1) is 4.77 Å². The first-order chi connectivity index (χ1) is 11.2. The lowest BCUT2D eigenvalue weighted by molar-refractivity contribution is 0.412. The molecule has 1 N–H and O–H groups in total. The molecule has 0 spiro atoms. The fourth-order valence-corrected chi connectivity index (χ4v) is 2.68. The summed E-state index contributed by atoms with van der Waals surface area (Å²) in [5.74, 6) is 1.32. The van der Waals surface area contributed by atoms with Gasteiger partial charge in [0.15, 0.2) is 0 Å². The molecule has 1 aromatic carbocycles. The van der Waals surface area contributed by atoms with Crippen molar-refractivity contribution in [3.05, 3.63) is 57.4 Å². The number of rotatable bonds is 4. The molecule has 0 saturated carbocycles. The Balaban J connectivity index is 1.96. The molecule has 0 bridgehead atoms. The number of halogens is 1. The lowest BCUT2D eigenvalue weighted by Crippen LogP contribution is -1.96. The average molecular weight is 390 g/mol. The van der Waals surface area contributed by atoms with Crippen LogP contribution in [0.25, 0.3) is 11.5 Å². The van der Waals surface area contributed by atoms with Crippen LogP contribution in [0.3, 0.4) is 0 Å². The molecule has 0 saturated heterocycles. The number of methoxy groups -OCH3 is 1. The Morgan fingerprint density at radius 2 is 2.22 bits per heavy atom. The number of nitrogens with one attached hydrogen (secondary N) is 1. The normalized spacial score (nSPS) is 11.0. The fourth-order valence-electron chi connectivity index (χ4n) is 1.95. The van der Waals surface area contributed by atoms with Gasteiger partial charge in [0.25, 0.3) is 0 Å². The third-order valence-electron chi connectivity index (χ3n) is 3.04. The lowest BCUT2D eigenvalue weighted by Gasteiger charge is -2.03. The maximum Gasteiger partial charge on any atom is 0.216 e. The van der Waals surface area contributed by atoms with Crippen molar-refractivity contribution < 1.29 is 4.74 Å². The Morgan fingerprint density at radius 1 is 1.35 bits per heavy atom. The molecular formula is C15H12BrN5OS. The predicted octanol–water partition coefficient (Wildman–Crippen LogP) is 3.66. The van der Waals surface area contributed by atoms with E-state index in [0.717, 1.165) is 15.8 Å². The van der Waals surface area contributed by atoms with Crippen LogP contribution in [0.1, 0.15) is 5.56 Å². The first kappa shape index (κ1) is 15.6. The summed E-state index contributed by atoms with van der Waals surface area (Å²) in [5.41, 5.74) is 1.58. The van der Waals surface area contributed by atoms with E-state index in [1.54, 1.807) is 19.5 Å². The second-order valence-electron chi connectivity index (χ2n) is 4.52. The highest BCUT2D eigenvalue weighted by atomic mass is 79.9. The molecule has 0 aliphatic heterocycles. The van der Waals surface area contributed by atoms with E-state index >= 15 is 0 Å². The zero-order chi connectivity index (χ0) is 16.2. The number of aromatic amines is 1. The predicted molar refractivity (Wildman–Crippen MR) is 94.3 cm³/mol. The molecule has 0 aliphatic carbocycles. The SMILES string of the molecule is COc1ccc(/C=N\n2c(-c3ccccn3)n[nH]c2=S)cc1Br. The van der Waals surface area contributed by atoms with Crippen LogP contribution in [0.15, 0.2) is 52.2 Å². The highest BCUT2D eigenvalue weighted by Gasteiger charge is 2.08. The van der Waals surface area contributed by atoms with Crippen molar-refractivity contribution in [2.75, 3.05) is 7.11 Å². The molecule has 3 aromatic rings. The molecule has 3 rings (SSSR count). The van der Waals surface area contributed by atoms with Gasteiger partial charge < -0.3 is 4.74 Å². The van der Waals surface area contributed by atoms with Crippen LogP contribution in [-0.4, -0.2) is 33.2 Å². The van der Waals surface area contributed by atoms with Crippen LogP contribution < -0.4 is 4.74 Å².